The summed E-state index contributed by atoms with van der Waals surface area (Å²) in [5.74, 6) is 2.75. The number of fused-ring (bicyclic) bond motifs is 1. The lowest BCUT2D eigenvalue weighted by Gasteiger charge is -2.34. The molecule has 1 aromatic rings. The minimum absolute atomic E-state index is 0.515. The van der Waals surface area contributed by atoms with Crippen LogP contribution in [0.15, 0.2) is 23.2 Å². The summed E-state index contributed by atoms with van der Waals surface area (Å²) in [7, 11) is 0. The molecular weight excluding hydrogens is 364 g/mol. The topological polar surface area (TPSA) is 58.1 Å². The highest BCUT2D eigenvalue weighted by molar-refractivity contribution is 5.80. The molecule has 2 N–H and O–H groups in total. The Morgan fingerprint density at radius 2 is 2.10 bits per heavy atom. The van der Waals surface area contributed by atoms with Crippen LogP contribution in [0.25, 0.3) is 0 Å². The van der Waals surface area contributed by atoms with Crippen molar-refractivity contribution < 1.29 is 9.47 Å². The number of nitrogens with zero attached hydrogens (tertiary/aromatic N) is 2. The number of guanidine groups is 1. The van der Waals surface area contributed by atoms with Crippen LogP contribution in [0.5, 0.6) is 5.75 Å². The fraction of sp³-hybridized carbons (Fsp3) is 0.696. The molecule has 0 aliphatic carbocycles. The Balaban J connectivity index is 1.22. The lowest BCUT2D eigenvalue weighted by Crippen LogP contribution is -2.49. The van der Waals surface area contributed by atoms with Crippen LogP contribution in [0.4, 0.5) is 0 Å². The maximum absolute atomic E-state index is 5.60. The average Bonchev–Trinajstić information content (AvgIpc) is 3.41. The smallest absolute Gasteiger partial charge is 0.191 e. The maximum atomic E-state index is 5.60. The molecule has 160 valence electrons. The maximum Gasteiger partial charge on any atom is 0.191 e. The standard InChI is InChI=1S/C23H36N4O2/c1-2-24-23(25-10-5-18-3-4-22-20(15-18)9-14-29-22)26-21-6-11-27(12-7-21)16-19-8-13-28-17-19/h3-4,15,19,21H,2,5-14,16-17H2,1H3,(H2,24,25,26). The molecule has 0 spiro atoms. The predicted molar refractivity (Wildman–Crippen MR) is 117 cm³/mol. The van der Waals surface area contributed by atoms with Crippen LogP contribution in [0.3, 0.4) is 0 Å². The van der Waals surface area contributed by atoms with Gasteiger partial charge in [-0.15, -0.1) is 0 Å². The second-order valence-corrected chi connectivity index (χ2v) is 8.50. The first kappa shape index (κ1) is 20.5. The molecule has 29 heavy (non-hydrogen) atoms. The van der Waals surface area contributed by atoms with E-state index in [0.717, 1.165) is 63.4 Å². The predicted octanol–water partition coefficient (Wildman–Crippen LogP) is 2.22. The van der Waals surface area contributed by atoms with Crippen LogP contribution in [0, 0.1) is 5.92 Å². The Labute approximate surface area is 175 Å². The molecule has 1 aromatic carbocycles. The Morgan fingerprint density at radius 3 is 2.90 bits per heavy atom. The van der Waals surface area contributed by atoms with Crippen LogP contribution in [-0.2, 0) is 17.6 Å². The second-order valence-electron chi connectivity index (χ2n) is 8.50. The van der Waals surface area contributed by atoms with Crippen molar-refractivity contribution in [3.05, 3.63) is 29.3 Å². The van der Waals surface area contributed by atoms with Gasteiger partial charge in [0, 0.05) is 51.8 Å². The molecule has 4 rings (SSSR count). The summed E-state index contributed by atoms with van der Waals surface area (Å²) in [5, 5.41) is 7.08. The third-order valence-electron chi connectivity index (χ3n) is 6.24. The summed E-state index contributed by atoms with van der Waals surface area (Å²) in [6.07, 6.45) is 5.59. The lowest BCUT2D eigenvalue weighted by atomic mass is 10.0. The van der Waals surface area contributed by atoms with Crippen molar-refractivity contribution in [3.63, 3.8) is 0 Å². The molecule has 0 bridgehead atoms. The van der Waals surface area contributed by atoms with E-state index < -0.39 is 0 Å². The summed E-state index contributed by atoms with van der Waals surface area (Å²) in [6.45, 7) is 10.1. The minimum atomic E-state index is 0.515. The third kappa shape index (κ3) is 5.86. The van der Waals surface area contributed by atoms with E-state index >= 15 is 0 Å². The van der Waals surface area contributed by atoms with Crippen molar-refractivity contribution in [3.8, 4) is 5.75 Å². The van der Waals surface area contributed by atoms with Gasteiger partial charge in [-0.05, 0) is 55.7 Å². The van der Waals surface area contributed by atoms with Gasteiger partial charge < -0.3 is 25.0 Å². The van der Waals surface area contributed by atoms with E-state index in [1.54, 1.807) is 0 Å². The SMILES string of the molecule is CCNC(=NCCc1ccc2c(c1)CCO2)NC1CCN(CC2CCOC2)CC1. The molecule has 3 heterocycles. The summed E-state index contributed by atoms with van der Waals surface area (Å²) >= 11 is 0. The number of benzene rings is 1. The Kier molecular flexibility index (Phi) is 7.28. The molecule has 1 unspecified atom stereocenters. The van der Waals surface area contributed by atoms with E-state index in [4.69, 9.17) is 14.5 Å². The van der Waals surface area contributed by atoms with Gasteiger partial charge >= 0.3 is 0 Å². The van der Waals surface area contributed by atoms with E-state index in [9.17, 15) is 0 Å². The molecule has 6 heteroatoms. The van der Waals surface area contributed by atoms with Crippen molar-refractivity contribution in [2.75, 3.05) is 52.5 Å². The molecule has 6 nitrogen and oxygen atoms in total. The van der Waals surface area contributed by atoms with Crippen molar-refractivity contribution in [1.82, 2.24) is 15.5 Å². The van der Waals surface area contributed by atoms with E-state index in [1.165, 1.54) is 50.0 Å². The normalized spacial score (nSPS) is 23.1. The Hall–Kier alpha value is -1.79. The number of piperidine rings is 1. The minimum Gasteiger partial charge on any atom is -0.493 e. The highest BCUT2D eigenvalue weighted by atomic mass is 16.5. The highest BCUT2D eigenvalue weighted by Gasteiger charge is 2.24. The fourth-order valence-electron chi connectivity index (χ4n) is 4.56. The number of likely N-dealkylation sites (tertiary alicyclic amines) is 1. The zero-order valence-corrected chi connectivity index (χ0v) is 17.8. The average molecular weight is 401 g/mol. The monoisotopic (exact) mass is 400 g/mol. The van der Waals surface area contributed by atoms with Gasteiger partial charge in [0.05, 0.1) is 13.2 Å². The molecule has 2 fully saturated rings. The molecule has 0 radical (unpaired) electrons. The van der Waals surface area contributed by atoms with Gasteiger partial charge in [0.1, 0.15) is 5.75 Å². The first-order chi connectivity index (χ1) is 14.3. The molecule has 3 aliphatic heterocycles. The Morgan fingerprint density at radius 1 is 1.21 bits per heavy atom. The first-order valence-corrected chi connectivity index (χ1v) is 11.4. The number of rotatable bonds is 7. The molecule has 0 aromatic heterocycles. The van der Waals surface area contributed by atoms with Gasteiger partial charge in [-0.2, -0.15) is 0 Å². The zero-order valence-electron chi connectivity index (χ0n) is 17.8. The van der Waals surface area contributed by atoms with Gasteiger partial charge in [0.15, 0.2) is 5.96 Å². The van der Waals surface area contributed by atoms with Crippen molar-refractivity contribution in [1.29, 1.82) is 0 Å². The van der Waals surface area contributed by atoms with Gasteiger partial charge in [-0.3, -0.25) is 4.99 Å². The number of aliphatic imine (C=N–C) groups is 1. The van der Waals surface area contributed by atoms with Gasteiger partial charge in [-0.1, -0.05) is 12.1 Å². The van der Waals surface area contributed by atoms with E-state index in [-0.39, 0.29) is 0 Å². The second kappa shape index (κ2) is 10.3. The summed E-state index contributed by atoms with van der Waals surface area (Å²) in [6, 6.07) is 7.08. The van der Waals surface area contributed by atoms with Crippen LogP contribution >= 0.6 is 0 Å². The molecule has 0 saturated carbocycles. The third-order valence-corrected chi connectivity index (χ3v) is 6.24. The molecule has 2 saturated heterocycles. The summed E-state index contributed by atoms with van der Waals surface area (Å²) < 4.78 is 11.1. The lowest BCUT2D eigenvalue weighted by molar-refractivity contribution is 0.150. The Bertz CT molecular complexity index is 679. The van der Waals surface area contributed by atoms with E-state index in [0.29, 0.717) is 6.04 Å². The van der Waals surface area contributed by atoms with Crippen molar-refractivity contribution in [2.45, 2.75) is 45.1 Å². The quantitative estimate of drug-likeness (QED) is 0.543. The number of hydrogen-bond donors (Lipinski definition) is 2. The first-order valence-electron chi connectivity index (χ1n) is 11.4. The van der Waals surface area contributed by atoms with Gasteiger partial charge in [-0.25, -0.2) is 0 Å². The van der Waals surface area contributed by atoms with Crippen molar-refractivity contribution >= 4 is 5.96 Å². The molecule has 0 amide bonds. The van der Waals surface area contributed by atoms with Crippen molar-refractivity contribution in [2.24, 2.45) is 10.9 Å². The zero-order chi connectivity index (χ0) is 19.9. The van der Waals surface area contributed by atoms with Gasteiger partial charge in [0.2, 0.25) is 0 Å². The summed E-state index contributed by atoms with van der Waals surface area (Å²) in [4.78, 5) is 7.44. The largest absolute Gasteiger partial charge is 0.493 e. The van der Waals surface area contributed by atoms with Crippen LogP contribution in [0.1, 0.15) is 37.3 Å². The molecular formula is C23H36N4O2. The molecule has 3 aliphatic rings. The van der Waals surface area contributed by atoms with E-state index in [2.05, 4.69) is 40.7 Å². The number of nitrogens with one attached hydrogen (secondary N) is 2. The fourth-order valence-corrected chi connectivity index (χ4v) is 4.56. The van der Waals surface area contributed by atoms with E-state index in [1.807, 2.05) is 0 Å². The summed E-state index contributed by atoms with van der Waals surface area (Å²) in [5.41, 5.74) is 2.69. The van der Waals surface area contributed by atoms with Crippen LogP contribution in [0.2, 0.25) is 0 Å². The van der Waals surface area contributed by atoms with Crippen LogP contribution in [-0.4, -0.2) is 69.4 Å². The number of hydrogen-bond acceptors (Lipinski definition) is 4. The van der Waals surface area contributed by atoms with Gasteiger partial charge in [0.25, 0.3) is 0 Å². The number of ether oxygens (including phenoxy) is 2. The highest BCUT2D eigenvalue weighted by Crippen LogP contribution is 2.26. The molecule has 1 atom stereocenters. The van der Waals surface area contributed by atoms with Crippen LogP contribution < -0.4 is 15.4 Å².